The Bertz CT molecular complexity index is 942. The minimum atomic E-state index is -2.96. The third kappa shape index (κ3) is 4.43. The molecule has 1 aromatic heterocycles. The molecular weight excluding hydrogens is 361 g/mol. The topological polar surface area (TPSA) is 69.0 Å². The van der Waals surface area contributed by atoms with Gasteiger partial charge in [-0.1, -0.05) is 18.2 Å². The van der Waals surface area contributed by atoms with Gasteiger partial charge in [0.15, 0.2) is 0 Å². The monoisotopic (exact) mass is 376 g/mol. The Kier molecular flexibility index (Phi) is 5.39. The molecule has 0 aliphatic carbocycles. The van der Waals surface area contributed by atoms with E-state index >= 15 is 0 Å². The molecule has 0 radical (unpaired) electrons. The van der Waals surface area contributed by atoms with E-state index in [1.807, 2.05) is 0 Å². The molecule has 0 saturated carbocycles. The van der Waals surface area contributed by atoms with Gasteiger partial charge in [-0.2, -0.15) is 8.78 Å². The molecule has 0 aliphatic heterocycles. The minimum Gasteiger partial charge on any atom is -0.434 e. The predicted molar refractivity (Wildman–Crippen MR) is 90.3 cm³/mol. The highest BCUT2D eigenvalue weighted by Gasteiger charge is 2.16. The molecule has 6 nitrogen and oxygen atoms in total. The standard InChI is InChI=1S/C18H15F3N4O2/c1-11-23-16(24-25(11)14-8-6-13(19)7-9-14)17(26)22-10-12-4-2-3-5-15(12)27-18(20)21/h2-9,18H,10H2,1H3,(H,22,26). The van der Waals surface area contributed by atoms with Crippen LogP contribution in [0.1, 0.15) is 22.0 Å². The quantitative estimate of drug-likeness (QED) is 0.717. The number of alkyl halides is 2. The lowest BCUT2D eigenvalue weighted by atomic mass is 10.2. The number of carbonyl (C=O) groups excluding carboxylic acids is 1. The van der Waals surface area contributed by atoms with E-state index in [9.17, 15) is 18.0 Å². The molecular formula is C18H15F3N4O2. The highest BCUT2D eigenvalue weighted by atomic mass is 19.3. The van der Waals surface area contributed by atoms with Gasteiger partial charge in [0.2, 0.25) is 5.82 Å². The average Bonchev–Trinajstić information content (AvgIpc) is 3.03. The Hall–Kier alpha value is -3.36. The first kappa shape index (κ1) is 18.4. The van der Waals surface area contributed by atoms with Gasteiger partial charge in [-0.15, -0.1) is 5.10 Å². The van der Waals surface area contributed by atoms with Gasteiger partial charge in [-0.3, -0.25) is 4.79 Å². The Morgan fingerprint density at radius 2 is 1.89 bits per heavy atom. The SMILES string of the molecule is Cc1nc(C(=O)NCc2ccccc2OC(F)F)nn1-c1ccc(F)cc1. The minimum absolute atomic E-state index is 0.0196. The number of hydrogen-bond acceptors (Lipinski definition) is 4. The second-order valence-electron chi connectivity index (χ2n) is 5.54. The summed E-state index contributed by atoms with van der Waals surface area (Å²) >= 11 is 0. The molecule has 140 valence electrons. The number of ether oxygens (including phenoxy) is 1. The zero-order chi connectivity index (χ0) is 19.4. The summed E-state index contributed by atoms with van der Waals surface area (Å²) in [5.41, 5.74) is 0.942. The molecule has 3 aromatic rings. The summed E-state index contributed by atoms with van der Waals surface area (Å²) < 4.78 is 43.8. The highest BCUT2D eigenvalue weighted by molar-refractivity contribution is 5.90. The lowest BCUT2D eigenvalue weighted by molar-refractivity contribution is -0.0504. The fourth-order valence-electron chi connectivity index (χ4n) is 2.43. The van der Waals surface area contributed by atoms with Gasteiger partial charge in [-0.25, -0.2) is 14.1 Å². The van der Waals surface area contributed by atoms with Gasteiger partial charge in [0.05, 0.1) is 5.69 Å². The van der Waals surface area contributed by atoms with Crippen molar-refractivity contribution in [2.75, 3.05) is 0 Å². The largest absolute Gasteiger partial charge is 0.434 e. The fraction of sp³-hybridized carbons (Fsp3) is 0.167. The van der Waals surface area contributed by atoms with Crippen LogP contribution in [0.5, 0.6) is 5.75 Å². The van der Waals surface area contributed by atoms with Crippen LogP contribution in [-0.2, 0) is 6.54 Å². The summed E-state index contributed by atoms with van der Waals surface area (Å²) in [6.07, 6.45) is 0. The van der Waals surface area contributed by atoms with Crippen LogP contribution >= 0.6 is 0 Å². The summed E-state index contributed by atoms with van der Waals surface area (Å²) in [5, 5.41) is 6.68. The van der Waals surface area contributed by atoms with Crippen LogP contribution in [-0.4, -0.2) is 27.3 Å². The molecule has 0 spiro atoms. The van der Waals surface area contributed by atoms with Crippen molar-refractivity contribution in [3.8, 4) is 11.4 Å². The van der Waals surface area contributed by atoms with Crippen molar-refractivity contribution in [3.63, 3.8) is 0 Å². The van der Waals surface area contributed by atoms with E-state index in [-0.39, 0.29) is 23.9 Å². The number of amides is 1. The Labute approximate surface area is 152 Å². The maximum Gasteiger partial charge on any atom is 0.387 e. The third-order valence-corrected chi connectivity index (χ3v) is 3.67. The molecule has 0 bridgehead atoms. The number of nitrogens with zero attached hydrogens (tertiary/aromatic N) is 3. The van der Waals surface area contributed by atoms with Gasteiger partial charge in [0.1, 0.15) is 17.4 Å². The maximum absolute atomic E-state index is 13.0. The van der Waals surface area contributed by atoms with Gasteiger partial charge in [0.25, 0.3) is 5.91 Å². The molecule has 3 rings (SSSR count). The van der Waals surface area contributed by atoms with Gasteiger partial charge in [-0.05, 0) is 37.3 Å². The van der Waals surface area contributed by atoms with Crippen LogP contribution in [0.25, 0.3) is 5.69 Å². The van der Waals surface area contributed by atoms with Crippen molar-refractivity contribution in [1.82, 2.24) is 20.1 Å². The van der Waals surface area contributed by atoms with Gasteiger partial charge >= 0.3 is 6.61 Å². The lowest BCUT2D eigenvalue weighted by Gasteiger charge is -2.10. The Balaban J connectivity index is 1.73. The fourth-order valence-corrected chi connectivity index (χ4v) is 2.43. The number of halogens is 3. The van der Waals surface area contributed by atoms with Crippen molar-refractivity contribution in [2.24, 2.45) is 0 Å². The van der Waals surface area contributed by atoms with E-state index < -0.39 is 12.5 Å². The predicted octanol–water partition coefficient (Wildman–Crippen LogP) is 3.25. The molecule has 0 unspecified atom stereocenters. The molecule has 0 aliphatic rings. The number of nitrogens with one attached hydrogen (secondary N) is 1. The molecule has 9 heteroatoms. The van der Waals surface area contributed by atoms with Crippen molar-refractivity contribution >= 4 is 5.91 Å². The molecule has 1 heterocycles. The van der Waals surface area contributed by atoms with Crippen molar-refractivity contribution in [3.05, 3.63) is 71.6 Å². The zero-order valence-corrected chi connectivity index (χ0v) is 14.2. The second-order valence-corrected chi connectivity index (χ2v) is 5.54. The summed E-state index contributed by atoms with van der Waals surface area (Å²) in [6, 6.07) is 11.7. The number of aryl methyl sites for hydroxylation is 1. The summed E-state index contributed by atoms with van der Waals surface area (Å²) in [6.45, 7) is -1.34. The van der Waals surface area contributed by atoms with Crippen LogP contribution in [0, 0.1) is 12.7 Å². The van der Waals surface area contributed by atoms with Crippen molar-refractivity contribution < 1.29 is 22.7 Å². The van der Waals surface area contributed by atoms with Crippen LogP contribution < -0.4 is 10.1 Å². The van der Waals surface area contributed by atoms with Crippen molar-refractivity contribution in [1.29, 1.82) is 0 Å². The van der Waals surface area contributed by atoms with E-state index in [1.54, 1.807) is 25.1 Å². The third-order valence-electron chi connectivity index (χ3n) is 3.67. The number of hydrogen-bond donors (Lipinski definition) is 1. The molecule has 0 fully saturated rings. The van der Waals surface area contributed by atoms with Gasteiger partial charge < -0.3 is 10.1 Å². The van der Waals surface area contributed by atoms with Crippen LogP contribution in [0.2, 0.25) is 0 Å². The first-order chi connectivity index (χ1) is 12.9. The molecule has 1 N–H and O–H groups in total. The van der Waals surface area contributed by atoms with Gasteiger partial charge in [0, 0.05) is 12.1 Å². The maximum atomic E-state index is 13.0. The Morgan fingerprint density at radius 3 is 2.59 bits per heavy atom. The van der Waals surface area contributed by atoms with Crippen LogP contribution in [0.15, 0.2) is 48.5 Å². The number of para-hydroxylation sites is 1. The van der Waals surface area contributed by atoms with Crippen LogP contribution in [0.3, 0.4) is 0 Å². The van der Waals surface area contributed by atoms with E-state index in [1.165, 1.54) is 35.0 Å². The summed E-state index contributed by atoms with van der Waals surface area (Å²) in [4.78, 5) is 16.4. The van der Waals surface area contributed by atoms with E-state index in [4.69, 9.17) is 0 Å². The first-order valence-electron chi connectivity index (χ1n) is 7.94. The normalized spacial score (nSPS) is 10.9. The van der Waals surface area contributed by atoms with E-state index in [0.717, 1.165) is 0 Å². The first-order valence-corrected chi connectivity index (χ1v) is 7.94. The average molecular weight is 376 g/mol. The molecule has 1 amide bonds. The number of carbonyl (C=O) groups is 1. The smallest absolute Gasteiger partial charge is 0.387 e. The van der Waals surface area contributed by atoms with E-state index in [0.29, 0.717) is 17.1 Å². The summed E-state index contributed by atoms with van der Waals surface area (Å²) in [7, 11) is 0. The number of rotatable bonds is 6. The van der Waals surface area contributed by atoms with E-state index in [2.05, 4.69) is 20.1 Å². The molecule has 0 saturated heterocycles. The summed E-state index contributed by atoms with van der Waals surface area (Å²) in [5.74, 6) is -0.643. The van der Waals surface area contributed by atoms with Crippen LogP contribution in [0.4, 0.5) is 13.2 Å². The van der Waals surface area contributed by atoms with Crippen molar-refractivity contribution in [2.45, 2.75) is 20.1 Å². The molecule has 0 atom stereocenters. The second kappa shape index (κ2) is 7.90. The Morgan fingerprint density at radius 1 is 1.19 bits per heavy atom. The number of aromatic nitrogens is 3. The molecule has 2 aromatic carbocycles. The lowest BCUT2D eigenvalue weighted by Crippen LogP contribution is -2.24. The molecule has 27 heavy (non-hydrogen) atoms. The highest BCUT2D eigenvalue weighted by Crippen LogP contribution is 2.20. The number of benzene rings is 2. The zero-order valence-electron chi connectivity index (χ0n) is 14.2.